The third kappa shape index (κ3) is 2.93. The molecule has 5 heteroatoms. The second-order valence-electron chi connectivity index (χ2n) is 5.71. The van der Waals surface area contributed by atoms with E-state index in [1.807, 2.05) is 6.07 Å². The van der Waals surface area contributed by atoms with Crippen molar-refractivity contribution < 1.29 is 19.4 Å². The van der Waals surface area contributed by atoms with E-state index in [9.17, 15) is 9.59 Å². The highest BCUT2D eigenvalue weighted by Crippen LogP contribution is 2.32. The van der Waals surface area contributed by atoms with E-state index in [1.165, 1.54) is 0 Å². The van der Waals surface area contributed by atoms with Crippen molar-refractivity contribution in [1.82, 2.24) is 5.32 Å². The van der Waals surface area contributed by atoms with Crippen molar-refractivity contribution in [2.75, 3.05) is 13.2 Å². The van der Waals surface area contributed by atoms with Gasteiger partial charge < -0.3 is 15.2 Å². The first-order valence-corrected chi connectivity index (χ1v) is 7.39. The van der Waals surface area contributed by atoms with Crippen LogP contribution in [0.1, 0.15) is 46.8 Å². The van der Waals surface area contributed by atoms with Gasteiger partial charge >= 0.3 is 5.97 Å². The Morgan fingerprint density at radius 2 is 1.95 bits per heavy atom. The lowest BCUT2D eigenvalue weighted by Crippen LogP contribution is -2.36. The molecule has 0 saturated carbocycles. The van der Waals surface area contributed by atoms with Gasteiger partial charge in [-0.3, -0.25) is 4.79 Å². The predicted molar refractivity (Wildman–Crippen MR) is 76.1 cm³/mol. The minimum Gasteiger partial charge on any atom is -0.478 e. The van der Waals surface area contributed by atoms with Crippen LogP contribution in [0.25, 0.3) is 0 Å². The normalized spacial score (nSPS) is 21.8. The maximum atomic E-state index is 12.3. The fourth-order valence-corrected chi connectivity index (χ4v) is 3.13. The maximum absolute atomic E-state index is 12.3. The summed E-state index contributed by atoms with van der Waals surface area (Å²) in [5.41, 5.74) is 2.37. The quantitative estimate of drug-likeness (QED) is 0.891. The molecule has 1 saturated heterocycles. The van der Waals surface area contributed by atoms with Crippen LogP contribution >= 0.6 is 0 Å². The van der Waals surface area contributed by atoms with E-state index in [-0.39, 0.29) is 23.4 Å². The van der Waals surface area contributed by atoms with Gasteiger partial charge in [0, 0.05) is 19.1 Å². The van der Waals surface area contributed by atoms with Crippen LogP contribution in [0.5, 0.6) is 0 Å². The monoisotopic (exact) mass is 289 g/mol. The Bertz CT molecular complexity index is 563. The summed E-state index contributed by atoms with van der Waals surface area (Å²) >= 11 is 0. The minimum atomic E-state index is -0.931. The van der Waals surface area contributed by atoms with E-state index in [0.29, 0.717) is 13.2 Å². The van der Waals surface area contributed by atoms with Gasteiger partial charge in [0.05, 0.1) is 11.6 Å². The number of carbonyl (C=O) groups is 2. The van der Waals surface area contributed by atoms with Crippen LogP contribution in [0.4, 0.5) is 0 Å². The van der Waals surface area contributed by atoms with Gasteiger partial charge in [0.2, 0.25) is 5.91 Å². The summed E-state index contributed by atoms with van der Waals surface area (Å²) in [6.07, 6.45) is 3.25. The van der Waals surface area contributed by atoms with Gasteiger partial charge in [0.25, 0.3) is 0 Å². The Kier molecular flexibility index (Phi) is 3.92. The number of carbonyl (C=O) groups excluding carboxylic acids is 1. The Morgan fingerprint density at radius 1 is 1.19 bits per heavy atom. The summed E-state index contributed by atoms with van der Waals surface area (Å²) < 4.78 is 5.27. The molecule has 1 aliphatic carbocycles. The lowest BCUT2D eigenvalue weighted by atomic mass is 9.98. The van der Waals surface area contributed by atoms with Gasteiger partial charge in [0.1, 0.15) is 0 Å². The van der Waals surface area contributed by atoms with E-state index >= 15 is 0 Å². The molecular weight excluding hydrogens is 270 g/mol. The van der Waals surface area contributed by atoms with Gasteiger partial charge in [-0.2, -0.15) is 0 Å². The van der Waals surface area contributed by atoms with Crippen LogP contribution in [0.2, 0.25) is 0 Å². The van der Waals surface area contributed by atoms with Crippen LogP contribution in [-0.4, -0.2) is 30.2 Å². The molecule has 1 amide bonds. The summed E-state index contributed by atoms with van der Waals surface area (Å²) in [4.78, 5) is 23.4. The number of hydrogen-bond donors (Lipinski definition) is 2. The van der Waals surface area contributed by atoms with Gasteiger partial charge in [-0.15, -0.1) is 0 Å². The molecule has 1 aliphatic heterocycles. The molecule has 0 aromatic heterocycles. The van der Waals surface area contributed by atoms with E-state index in [1.54, 1.807) is 12.1 Å². The van der Waals surface area contributed by atoms with Gasteiger partial charge in [0.15, 0.2) is 0 Å². The Balaban J connectivity index is 1.72. The van der Waals surface area contributed by atoms with Crippen molar-refractivity contribution >= 4 is 11.9 Å². The number of hydrogen-bond acceptors (Lipinski definition) is 3. The number of nitrogens with one attached hydrogen (secondary N) is 1. The van der Waals surface area contributed by atoms with E-state index < -0.39 is 5.97 Å². The highest BCUT2D eigenvalue weighted by Gasteiger charge is 2.28. The molecule has 21 heavy (non-hydrogen) atoms. The van der Waals surface area contributed by atoms with Crippen molar-refractivity contribution in [3.8, 4) is 0 Å². The third-order valence-corrected chi connectivity index (χ3v) is 4.38. The SMILES string of the molecule is O=C(O)c1ccc2c(c1)[C@H](NC(=O)C1CCOCC1)CC2. The largest absolute Gasteiger partial charge is 0.478 e. The Morgan fingerprint density at radius 3 is 2.67 bits per heavy atom. The van der Waals surface area contributed by atoms with E-state index in [2.05, 4.69) is 5.32 Å². The van der Waals surface area contributed by atoms with Crippen LogP contribution in [0, 0.1) is 5.92 Å². The number of carboxylic acid groups (broad SMARTS) is 1. The first-order chi connectivity index (χ1) is 10.1. The first kappa shape index (κ1) is 14.1. The molecule has 2 N–H and O–H groups in total. The zero-order valence-electron chi connectivity index (χ0n) is 11.8. The summed E-state index contributed by atoms with van der Waals surface area (Å²) in [5.74, 6) is -0.846. The van der Waals surface area contributed by atoms with E-state index in [0.717, 1.165) is 36.8 Å². The van der Waals surface area contributed by atoms with Crippen LogP contribution in [-0.2, 0) is 16.0 Å². The molecule has 3 rings (SSSR count). The van der Waals surface area contributed by atoms with Crippen molar-refractivity contribution in [3.05, 3.63) is 34.9 Å². The molecule has 0 unspecified atom stereocenters. The number of ether oxygens (including phenoxy) is 1. The number of fused-ring (bicyclic) bond motifs is 1. The summed E-state index contributed by atoms with van der Waals surface area (Å²) in [7, 11) is 0. The second kappa shape index (κ2) is 5.85. The topological polar surface area (TPSA) is 75.6 Å². The lowest BCUT2D eigenvalue weighted by Gasteiger charge is -2.23. The molecule has 112 valence electrons. The van der Waals surface area contributed by atoms with E-state index in [4.69, 9.17) is 9.84 Å². The molecule has 5 nitrogen and oxygen atoms in total. The molecule has 1 atom stereocenters. The highest BCUT2D eigenvalue weighted by molar-refractivity contribution is 5.88. The number of rotatable bonds is 3. The third-order valence-electron chi connectivity index (χ3n) is 4.38. The number of aryl methyl sites for hydroxylation is 1. The van der Waals surface area contributed by atoms with Crippen LogP contribution < -0.4 is 5.32 Å². The molecule has 2 aliphatic rings. The fourth-order valence-electron chi connectivity index (χ4n) is 3.13. The standard InChI is InChI=1S/C16H19NO4/c18-15(11-5-7-21-8-6-11)17-14-4-3-10-1-2-12(16(19)20)9-13(10)14/h1-2,9,11,14H,3-8H2,(H,17,18)(H,19,20)/t14-/m1/s1. The average molecular weight is 289 g/mol. The average Bonchev–Trinajstić information content (AvgIpc) is 2.90. The van der Waals surface area contributed by atoms with Gasteiger partial charge in [-0.05, 0) is 48.9 Å². The summed E-state index contributed by atoms with van der Waals surface area (Å²) in [6.45, 7) is 1.28. The maximum Gasteiger partial charge on any atom is 0.335 e. The second-order valence-corrected chi connectivity index (χ2v) is 5.71. The smallest absolute Gasteiger partial charge is 0.335 e. The van der Waals surface area contributed by atoms with Crippen molar-refractivity contribution in [2.45, 2.75) is 31.7 Å². The molecule has 1 aromatic rings. The molecule has 1 aromatic carbocycles. The molecule has 1 fully saturated rings. The number of aromatic carboxylic acids is 1. The van der Waals surface area contributed by atoms with Crippen molar-refractivity contribution in [3.63, 3.8) is 0 Å². The Hall–Kier alpha value is -1.88. The highest BCUT2D eigenvalue weighted by atomic mass is 16.5. The van der Waals surface area contributed by atoms with Gasteiger partial charge in [-0.25, -0.2) is 4.79 Å². The number of carboxylic acids is 1. The van der Waals surface area contributed by atoms with Crippen molar-refractivity contribution in [1.29, 1.82) is 0 Å². The summed E-state index contributed by atoms with van der Waals surface area (Å²) in [5, 5.41) is 12.2. The number of benzene rings is 1. The molecule has 0 radical (unpaired) electrons. The predicted octanol–water partition coefficient (Wildman–Crippen LogP) is 1.91. The van der Waals surface area contributed by atoms with Crippen LogP contribution in [0.3, 0.4) is 0 Å². The minimum absolute atomic E-state index is 0.0189. The lowest BCUT2D eigenvalue weighted by molar-refractivity contribution is -0.128. The number of amides is 1. The first-order valence-electron chi connectivity index (χ1n) is 7.39. The fraction of sp³-hybridized carbons (Fsp3) is 0.500. The molecule has 1 heterocycles. The Labute approximate surface area is 123 Å². The zero-order chi connectivity index (χ0) is 14.8. The van der Waals surface area contributed by atoms with Gasteiger partial charge in [-0.1, -0.05) is 6.07 Å². The molecule has 0 spiro atoms. The molecule has 0 bridgehead atoms. The van der Waals surface area contributed by atoms with Crippen LogP contribution in [0.15, 0.2) is 18.2 Å². The zero-order valence-corrected chi connectivity index (χ0v) is 11.8. The summed E-state index contributed by atoms with van der Waals surface area (Å²) in [6, 6.07) is 5.12. The molecular formula is C16H19NO4. The van der Waals surface area contributed by atoms with Crippen molar-refractivity contribution in [2.24, 2.45) is 5.92 Å².